The Morgan fingerprint density at radius 2 is 1.46 bits per heavy atom. The molecule has 0 saturated heterocycles. The standard InChI is InChI=1S/C25H24INO/c1-24(2)17-25(3,19-9-5-4-6-10-19)21-11-7-8-12-22(21)27(24)23(28)18-13-15-20(26)16-14-18/h4-16H,17H2,1-3H3. The maximum absolute atomic E-state index is 13.6. The number of para-hydroxylation sites is 1. The number of anilines is 1. The van der Waals surface area contributed by atoms with Gasteiger partial charge in [-0.1, -0.05) is 55.5 Å². The molecule has 3 heteroatoms. The third-order valence-electron chi connectivity index (χ3n) is 5.84. The van der Waals surface area contributed by atoms with Crippen LogP contribution in [0.3, 0.4) is 0 Å². The van der Waals surface area contributed by atoms with E-state index in [9.17, 15) is 4.79 Å². The van der Waals surface area contributed by atoms with Crippen molar-refractivity contribution in [3.63, 3.8) is 0 Å². The molecule has 0 bridgehead atoms. The van der Waals surface area contributed by atoms with Crippen molar-refractivity contribution in [2.24, 2.45) is 0 Å². The Hall–Kier alpha value is -2.14. The highest BCUT2D eigenvalue weighted by Gasteiger charge is 2.47. The van der Waals surface area contributed by atoms with Crippen LogP contribution in [0.15, 0.2) is 78.9 Å². The Bertz CT molecular complexity index is 1010. The van der Waals surface area contributed by atoms with E-state index in [1.807, 2.05) is 35.2 Å². The van der Waals surface area contributed by atoms with Gasteiger partial charge in [0.2, 0.25) is 0 Å². The second-order valence-electron chi connectivity index (χ2n) is 8.35. The molecule has 1 unspecified atom stereocenters. The number of nitrogens with zero attached hydrogens (tertiary/aromatic N) is 1. The molecule has 3 aromatic carbocycles. The lowest BCUT2D eigenvalue weighted by atomic mass is 9.65. The van der Waals surface area contributed by atoms with Crippen LogP contribution in [0.2, 0.25) is 0 Å². The normalized spacial score (nSPS) is 20.5. The number of fused-ring (bicyclic) bond motifs is 1. The SMILES string of the molecule is CC1(c2ccccc2)CC(C)(C)N(C(=O)c2ccc(I)cc2)c2ccccc21. The van der Waals surface area contributed by atoms with Crippen molar-refractivity contribution in [1.82, 2.24) is 0 Å². The molecular weight excluding hydrogens is 457 g/mol. The predicted molar refractivity (Wildman–Crippen MR) is 124 cm³/mol. The van der Waals surface area contributed by atoms with Gasteiger partial charge in [-0.15, -0.1) is 0 Å². The van der Waals surface area contributed by atoms with Gasteiger partial charge in [0.05, 0.1) is 0 Å². The smallest absolute Gasteiger partial charge is 0.258 e. The average molecular weight is 481 g/mol. The number of amides is 1. The molecule has 1 atom stereocenters. The Morgan fingerprint density at radius 1 is 0.857 bits per heavy atom. The van der Waals surface area contributed by atoms with Crippen LogP contribution >= 0.6 is 22.6 Å². The number of benzene rings is 3. The maximum atomic E-state index is 13.6. The van der Waals surface area contributed by atoms with Crippen LogP contribution in [0.4, 0.5) is 5.69 Å². The summed E-state index contributed by atoms with van der Waals surface area (Å²) in [5.41, 5.74) is 3.76. The molecule has 4 rings (SSSR count). The minimum absolute atomic E-state index is 0.0592. The van der Waals surface area contributed by atoms with Gasteiger partial charge in [-0.3, -0.25) is 4.79 Å². The first-order valence-corrected chi connectivity index (χ1v) is 10.7. The van der Waals surface area contributed by atoms with Crippen LogP contribution in [0, 0.1) is 3.57 Å². The summed E-state index contributed by atoms with van der Waals surface area (Å²) >= 11 is 2.27. The minimum atomic E-state index is -0.320. The van der Waals surface area contributed by atoms with E-state index in [0.717, 1.165) is 21.2 Å². The molecule has 1 aliphatic heterocycles. The van der Waals surface area contributed by atoms with Gasteiger partial charge >= 0.3 is 0 Å². The van der Waals surface area contributed by atoms with E-state index in [0.29, 0.717) is 0 Å². The quantitative estimate of drug-likeness (QED) is 0.387. The van der Waals surface area contributed by atoms with Gasteiger partial charge in [0.1, 0.15) is 0 Å². The van der Waals surface area contributed by atoms with Crippen LogP contribution in [-0.4, -0.2) is 11.4 Å². The molecule has 0 saturated carbocycles. The largest absolute Gasteiger partial charge is 0.302 e. The monoisotopic (exact) mass is 481 g/mol. The number of carbonyl (C=O) groups is 1. The summed E-state index contributed by atoms with van der Waals surface area (Å²) in [6.07, 6.45) is 0.858. The van der Waals surface area contributed by atoms with Gasteiger partial charge in [-0.25, -0.2) is 0 Å². The Labute approximate surface area is 180 Å². The van der Waals surface area contributed by atoms with E-state index >= 15 is 0 Å². The molecule has 0 radical (unpaired) electrons. The lowest BCUT2D eigenvalue weighted by Crippen LogP contribution is -2.55. The molecule has 0 N–H and O–H groups in total. The summed E-state index contributed by atoms with van der Waals surface area (Å²) in [4.78, 5) is 15.6. The van der Waals surface area contributed by atoms with E-state index in [4.69, 9.17) is 0 Å². The number of hydrogen-bond acceptors (Lipinski definition) is 1. The molecule has 0 spiro atoms. The van der Waals surface area contributed by atoms with Crippen LogP contribution in [0.1, 0.15) is 48.7 Å². The lowest BCUT2D eigenvalue weighted by Gasteiger charge is -2.51. The third-order valence-corrected chi connectivity index (χ3v) is 6.56. The third kappa shape index (κ3) is 3.16. The highest BCUT2D eigenvalue weighted by molar-refractivity contribution is 14.1. The second kappa shape index (κ2) is 7.03. The van der Waals surface area contributed by atoms with E-state index < -0.39 is 0 Å². The first-order chi connectivity index (χ1) is 13.3. The fourth-order valence-electron chi connectivity index (χ4n) is 4.67. The van der Waals surface area contributed by atoms with E-state index in [-0.39, 0.29) is 16.9 Å². The molecule has 1 heterocycles. The number of hydrogen-bond donors (Lipinski definition) is 0. The van der Waals surface area contributed by atoms with Gasteiger partial charge < -0.3 is 4.90 Å². The summed E-state index contributed by atoms with van der Waals surface area (Å²) in [6.45, 7) is 6.65. The fourth-order valence-corrected chi connectivity index (χ4v) is 5.03. The molecule has 1 amide bonds. The Kier molecular flexibility index (Phi) is 4.82. The number of carbonyl (C=O) groups excluding carboxylic acids is 1. The molecular formula is C25H24INO. The van der Waals surface area contributed by atoms with Crippen molar-refractivity contribution >= 4 is 34.2 Å². The van der Waals surface area contributed by atoms with E-state index in [2.05, 4.69) is 91.9 Å². The van der Waals surface area contributed by atoms with Gasteiger partial charge in [0, 0.05) is 25.8 Å². The van der Waals surface area contributed by atoms with Crippen molar-refractivity contribution in [2.75, 3.05) is 4.90 Å². The van der Waals surface area contributed by atoms with Gasteiger partial charge in [0.25, 0.3) is 5.91 Å². The summed E-state index contributed by atoms with van der Waals surface area (Å²) in [5, 5.41) is 0. The predicted octanol–water partition coefficient (Wildman–Crippen LogP) is 6.43. The molecule has 28 heavy (non-hydrogen) atoms. The Morgan fingerprint density at radius 3 is 2.14 bits per heavy atom. The van der Waals surface area contributed by atoms with Crippen LogP contribution in [-0.2, 0) is 5.41 Å². The summed E-state index contributed by atoms with van der Waals surface area (Å²) in [6, 6.07) is 26.8. The van der Waals surface area contributed by atoms with E-state index in [1.54, 1.807) is 0 Å². The van der Waals surface area contributed by atoms with Crippen LogP contribution in [0.25, 0.3) is 0 Å². The zero-order valence-electron chi connectivity index (χ0n) is 16.4. The molecule has 1 aliphatic rings. The maximum Gasteiger partial charge on any atom is 0.258 e. The molecule has 0 aromatic heterocycles. The number of halogens is 1. The topological polar surface area (TPSA) is 20.3 Å². The molecule has 3 aromatic rings. The minimum Gasteiger partial charge on any atom is -0.302 e. The van der Waals surface area contributed by atoms with Gasteiger partial charge in [-0.2, -0.15) is 0 Å². The zero-order chi connectivity index (χ0) is 19.9. The summed E-state index contributed by atoms with van der Waals surface area (Å²) < 4.78 is 1.13. The molecule has 2 nitrogen and oxygen atoms in total. The molecule has 142 valence electrons. The lowest BCUT2D eigenvalue weighted by molar-refractivity contribution is 0.0948. The highest BCUT2D eigenvalue weighted by Crippen LogP contribution is 2.50. The van der Waals surface area contributed by atoms with Crippen molar-refractivity contribution < 1.29 is 4.79 Å². The summed E-state index contributed by atoms with van der Waals surface area (Å²) in [7, 11) is 0. The molecule has 0 fully saturated rings. The van der Waals surface area contributed by atoms with Crippen molar-refractivity contribution in [3.8, 4) is 0 Å². The highest BCUT2D eigenvalue weighted by atomic mass is 127. The van der Waals surface area contributed by atoms with Crippen molar-refractivity contribution in [3.05, 3.63) is 99.1 Å². The number of rotatable bonds is 2. The molecule has 0 aliphatic carbocycles. The average Bonchev–Trinajstić information content (AvgIpc) is 2.68. The first-order valence-electron chi connectivity index (χ1n) is 9.58. The van der Waals surface area contributed by atoms with E-state index in [1.165, 1.54) is 11.1 Å². The fraction of sp³-hybridized carbons (Fsp3) is 0.240. The first kappa shape index (κ1) is 19.2. The van der Waals surface area contributed by atoms with Crippen molar-refractivity contribution in [1.29, 1.82) is 0 Å². The summed E-state index contributed by atoms with van der Waals surface area (Å²) in [5.74, 6) is 0.0592. The van der Waals surface area contributed by atoms with Crippen LogP contribution in [0.5, 0.6) is 0 Å². The van der Waals surface area contributed by atoms with Crippen LogP contribution < -0.4 is 4.90 Å². The Balaban J connectivity index is 1.88. The zero-order valence-corrected chi connectivity index (χ0v) is 18.6. The second-order valence-corrected chi connectivity index (χ2v) is 9.60. The van der Waals surface area contributed by atoms with Gasteiger partial charge in [-0.05, 0) is 84.3 Å². The van der Waals surface area contributed by atoms with Gasteiger partial charge in [0.15, 0.2) is 0 Å². The van der Waals surface area contributed by atoms with Crippen molar-refractivity contribution in [2.45, 2.75) is 38.1 Å².